The van der Waals surface area contributed by atoms with Gasteiger partial charge in [0.05, 0.1) is 13.2 Å². The summed E-state index contributed by atoms with van der Waals surface area (Å²) in [6, 6.07) is 5.27. The molecule has 0 aliphatic carbocycles. The number of methoxy groups -OCH3 is 1. The molecule has 4 heteroatoms. The number of rotatable bonds is 2. The molecule has 1 saturated heterocycles. The monoisotopic (exact) mass is 206 g/mol. The smallest absolute Gasteiger partial charge is 0.239 e. The van der Waals surface area contributed by atoms with Crippen LogP contribution in [0.15, 0.2) is 18.2 Å². The molecule has 4 nitrogen and oxygen atoms in total. The first-order valence-corrected chi connectivity index (χ1v) is 4.84. The minimum atomic E-state index is -0.458. The summed E-state index contributed by atoms with van der Waals surface area (Å²) in [6.45, 7) is 1.99. The lowest BCUT2D eigenvalue weighted by Gasteiger charge is -2.35. The number of hydrogen-bond donors (Lipinski definition) is 2. The van der Waals surface area contributed by atoms with E-state index in [1.54, 1.807) is 7.11 Å². The molecular formula is C11H14N2O2. The predicted molar refractivity (Wildman–Crippen MR) is 56.6 cm³/mol. The van der Waals surface area contributed by atoms with Crippen molar-refractivity contribution in [2.75, 3.05) is 7.11 Å². The van der Waals surface area contributed by atoms with Gasteiger partial charge in [0.1, 0.15) is 11.8 Å². The number of nitrogens with one attached hydrogen (secondary N) is 1. The maximum atomic E-state index is 11.0. The summed E-state index contributed by atoms with van der Waals surface area (Å²) in [5.74, 6) is 0.657. The Morgan fingerprint density at radius 3 is 2.73 bits per heavy atom. The molecule has 3 N–H and O–H groups in total. The van der Waals surface area contributed by atoms with Crippen molar-refractivity contribution in [1.29, 1.82) is 0 Å². The van der Waals surface area contributed by atoms with Crippen LogP contribution in [-0.2, 0) is 4.79 Å². The molecule has 2 rings (SSSR count). The highest BCUT2D eigenvalue weighted by molar-refractivity contribution is 5.89. The molecule has 2 atom stereocenters. The molecule has 0 bridgehead atoms. The van der Waals surface area contributed by atoms with Gasteiger partial charge < -0.3 is 15.8 Å². The highest BCUT2D eigenvalue weighted by Gasteiger charge is 2.38. The molecular weight excluding hydrogens is 192 g/mol. The third-order valence-electron chi connectivity index (χ3n) is 2.68. The summed E-state index contributed by atoms with van der Waals surface area (Å²) in [7, 11) is 1.61. The zero-order valence-electron chi connectivity index (χ0n) is 8.78. The van der Waals surface area contributed by atoms with E-state index < -0.39 is 6.04 Å². The SMILES string of the molecule is COc1ccc(C)cc1C1NC(=O)C1N. The van der Waals surface area contributed by atoms with Crippen LogP contribution in [0.3, 0.4) is 0 Å². The van der Waals surface area contributed by atoms with E-state index in [2.05, 4.69) is 5.32 Å². The first-order valence-electron chi connectivity index (χ1n) is 4.84. The maximum absolute atomic E-state index is 11.0. The number of carbonyl (C=O) groups is 1. The van der Waals surface area contributed by atoms with Crippen molar-refractivity contribution in [3.05, 3.63) is 29.3 Å². The molecule has 0 radical (unpaired) electrons. The Bertz CT molecular complexity index is 404. The number of carbonyl (C=O) groups excluding carboxylic acids is 1. The third kappa shape index (κ3) is 1.57. The topological polar surface area (TPSA) is 64.3 Å². The highest BCUT2D eigenvalue weighted by atomic mass is 16.5. The fraction of sp³-hybridized carbons (Fsp3) is 0.364. The first-order chi connectivity index (χ1) is 7.13. The molecule has 1 amide bonds. The Balaban J connectivity index is 2.34. The van der Waals surface area contributed by atoms with Crippen molar-refractivity contribution in [3.63, 3.8) is 0 Å². The van der Waals surface area contributed by atoms with Crippen LogP contribution in [0.2, 0.25) is 0 Å². The molecule has 1 aliphatic heterocycles. The summed E-state index contributed by atoms with van der Waals surface area (Å²) < 4.78 is 5.23. The second-order valence-corrected chi connectivity index (χ2v) is 3.76. The molecule has 2 unspecified atom stereocenters. The van der Waals surface area contributed by atoms with E-state index in [0.29, 0.717) is 0 Å². The Hall–Kier alpha value is -1.55. The van der Waals surface area contributed by atoms with Crippen molar-refractivity contribution >= 4 is 5.91 Å². The molecule has 0 aromatic heterocycles. The second-order valence-electron chi connectivity index (χ2n) is 3.76. The number of nitrogens with two attached hydrogens (primary N) is 1. The van der Waals surface area contributed by atoms with Crippen molar-refractivity contribution in [2.45, 2.75) is 19.0 Å². The van der Waals surface area contributed by atoms with E-state index in [-0.39, 0.29) is 11.9 Å². The van der Waals surface area contributed by atoms with Crippen LogP contribution in [0.25, 0.3) is 0 Å². The lowest BCUT2D eigenvalue weighted by molar-refractivity contribution is -0.130. The van der Waals surface area contributed by atoms with E-state index in [1.165, 1.54) is 0 Å². The molecule has 1 aliphatic rings. The van der Waals surface area contributed by atoms with Crippen LogP contribution < -0.4 is 15.8 Å². The standard InChI is InChI=1S/C11H14N2O2/c1-6-3-4-8(15-2)7(5-6)10-9(12)11(14)13-10/h3-5,9-10H,12H2,1-2H3,(H,13,14). The van der Waals surface area contributed by atoms with Gasteiger partial charge in [0.25, 0.3) is 0 Å². The number of benzene rings is 1. The Kier molecular flexibility index (Phi) is 2.36. The average Bonchev–Trinajstić information content (AvgIpc) is 2.25. The Morgan fingerprint density at radius 1 is 1.47 bits per heavy atom. The highest BCUT2D eigenvalue weighted by Crippen LogP contribution is 2.31. The molecule has 15 heavy (non-hydrogen) atoms. The number of β-lactam (4-membered cyclic amide) rings is 1. The maximum Gasteiger partial charge on any atom is 0.239 e. The number of ether oxygens (including phenoxy) is 1. The number of aryl methyl sites for hydroxylation is 1. The zero-order valence-corrected chi connectivity index (χ0v) is 8.78. The van der Waals surface area contributed by atoms with E-state index in [1.807, 2.05) is 25.1 Å². The summed E-state index contributed by atoms with van der Waals surface area (Å²) in [6.07, 6.45) is 0. The van der Waals surface area contributed by atoms with Gasteiger partial charge in [-0.2, -0.15) is 0 Å². The molecule has 1 heterocycles. The first kappa shape index (κ1) is 9.98. The van der Waals surface area contributed by atoms with Gasteiger partial charge in [0.15, 0.2) is 0 Å². The lowest BCUT2D eigenvalue weighted by Crippen LogP contribution is -2.60. The quantitative estimate of drug-likeness (QED) is 0.693. The molecule has 80 valence electrons. The summed E-state index contributed by atoms with van der Waals surface area (Å²) in [5.41, 5.74) is 7.78. The Morgan fingerprint density at radius 2 is 2.20 bits per heavy atom. The molecule has 1 fully saturated rings. The van der Waals surface area contributed by atoms with Gasteiger partial charge >= 0.3 is 0 Å². The summed E-state index contributed by atoms with van der Waals surface area (Å²) in [5, 5.41) is 2.77. The predicted octanol–water partition coefficient (Wildman–Crippen LogP) is 0.502. The van der Waals surface area contributed by atoms with Crippen LogP contribution in [0.1, 0.15) is 17.2 Å². The molecule has 0 spiro atoms. The van der Waals surface area contributed by atoms with Gasteiger partial charge in [-0.3, -0.25) is 4.79 Å². The van der Waals surface area contributed by atoms with Crippen LogP contribution in [-0.4, -0.2) is 19.1 Å². The largest absolute Gasteiger partial charge is 0.496 e. The van der Waals surface area contributed by atoms with Gasteiger partial charge in [-0.25, -0.2) is 0 Å². The minimum Gasteiger partial charge on any atom is -0.496 e. The zero-order chi connectivity index (χ0) is 11.0. The van der Waals surface area contributed by atoms with Crippen LogP contribution in [0.5, 0.6) is 5.75 Å². The van der Waals surface area contributed by atoms with Crippen molar-refractivity contribution in [3.8, 4) is 5.75 Å². The summed E-state index contributed by atoms with van der Waals surface area (Å²) in [4.78, 5) is 11.0. The van der Waals surface area contributed by atoms with Crippen molar-refractivity contribution < 1.29 is 9.53 Å². The van der Waals surface area contributed by atoms with Crippen molar-refractivity contribution in [1.82, 2.24) is 5.32 Å². The molecule has 0 saturated carbocycles. The average molecular weight is 206 g/mol. The third-order valence-corrected chi connectivity index (χ3v) is 2.68. The minimum absolute atomic E-state index is 0.108. The Labute approximate surface area is 88.4 Å². The number of amides is 1. The molecule has 1 aromatic carbocycles. The number of hydrogen-bond acceptors (Lipinski definition) is 3. The van der Waals surface area contributed by atoms with Gasteiger partial charge in [-0.15, -0.1) is 0 Å². The van der Waals surface area contributed by atoms with E-state index in [9.17, 15) is 4.79 Å². The van der Waals surface area contributed by atoms with Crippen LogP contribution in [0, 0.1) is 6.92 Å². The van der Waals surface area contributed by atoms with E-state index in [0.717, 1.165) is 16.9 Å². The second kappa shape index (κ2) is 3.55. The van der Waals surface area contributed by atoms with Gasteiger partial charge in [-0.1, -0.05) is 17.7 Å². The van der Waals surface area contributed by atoms with Crippen molar-refractivity contribution in [2.24, 2.45) is 5.73 Å². The molecule has 1 aromatic rings. The summed E-state index contributed by atoms with van der Waals surface area (Å²) >= 11 is 0. The normalized spacial score (nSPS) is 24.3. The van der Waals surface area contributed by atoms with Gasteiger partial charge in [0, 0.05) is 5.56 Å². The van der Waals surface area contributed by atoms with E-state index in [4.69, 9.17) is 10.5 Å². The fourth-order valence-electron chi connectivity index (χ4n) is 1.76. The van der Waals surface area contributed by atoms with Crippen LogP contribution >= 0.6 is 0 Å². The lowest BCUT2D eigenvalue weighted by atomic mass is 9.91. The van der Waals surface area contributed by atoms with Gasteiger partial charge in [0.2, 0.25) is 5.91 Å². The fourth-order valence-corrected chi connectivity index (χ4v) is 1.76. The van der Waals surface area contributed by atoms with Gasteiger partial charge in [-0.05, 0) is 13.0 Å². The van der Waals surface area contributed by atoms with E-state index >= 15 is 0 Å². The van der Waals surface area contributed by atoms with Crippen LogP contribution in [0.4, 0.5) is 0 Å².